The van der Waals surface area contributed by atoms with Crippen molar-refractivity contribution in [2.24, 2.45) is 50.2 Å². The van der Waals surface area contributed by atoms with Crippen molar-refractivity contribution in [1.82, 2.24) is 0 Å². The molecule has 23 nitrogen and oxygen atoms in total. The molecule has 9 rings (SSSR count). The van der Waals surface area contributed by atoms with Crippen molar-refractivity contribution in [3.8, 4) is 0 Å². The monoisotopic (exact) mass is 1100 g/mol. The van der Waals surface area contributed by atoms with E-state index < -0.39 is 165 Å². The number of ketones is 1. The molecule has 8 fully saturated rings. The number of hydrogen-bond donors (Lipinski definition) is 14. The molecule has 0 aromatic carbocycles. The van der Waals surface area contributed by atoms with E-state index >= 15 is 0 Å². The first kappa shape index (κ1) is 60.1. The van der Waals surface area contributed by atoms with Gasteiger partial charge in [-0.3, -0.25) is 4.79 Å². The molecule has 30 atom stereocenters. The number of rotatable bonds is 13. The maximum Gasteiger partial charge on any atom is 0.187 e. The van der Waals surface area contributed by atoms with Gasteiger partial charge in [-0.15, -0.1) is 0 Å². The number of Topliss-reactive ketones (excluding diaryl/α,β-unsaturated/α-hetero) is 1. The number of fused-ring (bicyclic) bond motifs is 7. The van der Waals surface area contributed by atoms with Crippen molar-refractivity contribution in [2.45, 2.75) is 235 Å². The summed E-state index contributed by atoms with van der Waals surface area (Å²) in [6, 6.07) is 0. The van der Waals surface area contributed by atoms with E-state index in [4.69, 9.17) is 37.9 Å². The number of aliphatic hydroxyl groups is 14. The Morgan fingerprint density at radius 2 is 1.14 bits per heavy atom. The molecule has 77 heavy (non-hydrogen) atoms. The molecule has 4 aliphatic heterocycles. The third-order valence-corrected chi connectivity index (χ3v) is 21.6. The van der Waals surface area contributed by atoms with Crippen LogP contribution in [-0.4, -0.2) is 239 Å². The smallest absolute Gasteiger partial charge is 0.187 e. The van der Waals surface area contributed by atoms with Crippen molar-refractivity contribution in [1.29, 1.82) is 0 Å². The second-order valence-electron chi connectivity index (χ2n) is 26.0. The highest BCUT2D eigenvalue weighted by Gasteiger charge is 2.70. The molecule has 0 aromatic rings. The average molecular weight is 1110 g/mol. The second kappa shape index (κ2) is 21.9. The molecular formula is C54H88O23. The molecule has 4 heterocycles. The minimum Gasteiger partial charge on any atom is -0.396 e. The zero-order chi connectivity index (χ0) is 56.3. The van der Waals surface area contributed by atoms with Gasteiger partial charge in [-0.05, 0) is 97.7 Å². The van der Waals surface area contributed by atoms with Crippen LogP contribution in [0, 0.1) is 50.2 Å². The van der Waals surface area contributed by atoms with Gasteiger partial charge < -0.3 is 109 Å². The second-order valence-corrected chi connectivity index (χ2v) is 26.0. The van der Waals surface area contributed by atoms with Gasteiger partial charge >= 0.3 is 0 Å². The Morgan fingerprint density at radius 1 is 0.571 bits per heavy atom. The number of carbonyl (C=O) groups is 1. The fourth-order valence-corrected chi connectivity index (χ4v) is 16.4. The van der Waals surface area contributed by atoms with E-state index in [-0.39, 0.29) is 59.4 Å². The van der Waals surface area contributed by atoms with Crippen LogP contribution in [0.3, 0.4) is 0 Å². The summed E-state index contributed by atoms with van der Waals surface area (Å²) in [7, 11) is 0. The zero-order valence-electron chi connectivity index (χ0n) is 45.3. The van der Waals surface area contributed by atoms with Crippen molar-refractivity contribution in [2.75, 3.05) is 33.0 Å². The largest absolute Gasteiger partial charge is 0.396 e. The fourth-order valence-electron chi connectivity index (χ4n) is 16.4. The normalized spacial score (nSPS) is 56.1. The lowest BCUT2D eigenvalue weighted by Crippen LogP contribution is -2.68. The maximum atomic E-state index is 14.5. The van der Waals surface area contributed by atoms with E-state index in [1.54, 1.807) is 0 Å². The number of hydrogen-bond acceptors (Lipinski definition) is 23. The van der Waals surface area contributed by atoms with Crippen molar-refractivity contribution >= 4 is 5.78 Å². The standard InChI is InChI=1S/C54H88O23/c1-23-33(60)37(64)41(68)46(71-23)76-43-36(63)28(20-57)73-47(42(43)69)77-44-39(66)35(62)27(19-56)74-48(44)75-32-11-12-51(4)29(52(32,5)21-58)10-13-54(7)30(51)9-8-24-25-16-49(2,17-31(59)50(25,3)14-15-53(24,54)6)22-70-45-40(67)38(65)34(61)26(18-55)72-45/h8,23,25-30,32-48,55-58,60-69H,9-22H2,1-7H3/t23-,25-,26+,27+,28+,29+,30+,32-,33-,34+,35+,36+,37+,38-,39-,40+,41+,42+,43-,44+,45+,46-,47-,48-,49-,50+,51-,52+,53+,54+/m0/s1. The molecule has 0 radical (unpaired) electrons. The average Bonchev–Trinajstić information content (AvgIpc) is 3.40. The van der Waals surface area contributed by atoms with Gasteiger partial charge in [0, 0.05) is 17.3 Å². The van der Waals surface area contributed by atoms with Crippen LogP contribution in [0.1, 0.15) is 106 Å². The first-order chi connectivity index (χ1) is 36.1. The van der Waals surface area contributed by atoms with Crippen molar-refractivity contribution in [3.63, 3.8) is 0 Å². The van der Waals surface area contributed by atoms with E-state index in [9.17, 15) is 76.3 Å². The van der Waals surface area contributed by atoms with Crippen LogP contribution in [0.4, 0.5) is 0 Å². The quantitative estimate of drug-likeness (QED) is 0.0676. The highest BCUT2D eigenvalue weighted by molar-refractivity contribution is 5.87. The van der Waals surface area contributed by atoms with E-state index in [0.717, 1.165) is 19.3 Å². The third-order valence-electron chi connectivity index (χ3n) is 21.6. The lowest BCUT2D eigenvalue weighted by Gasteiger charge is -2.71. The molecule has 0 bridgehead atoms. The molecule has 0 unspecified atom stereocenters. The van der Waals surface area contributed by atoms with Crippen LogP contribution >= 0.6 is 0 Å². The Labute approximate surface area is 449 Å². The topological polar surface area (TPSA) is 374 Å². The van der Waals surface area contributed by atoms with Gasteiger partial charge in [-0.1, -0.05) is 53.2 Å². The summed E-state index contributed by atoms with van der Waals surface area (Å²) in [6.07, 6.45) is -24.6. The number of carbonyl (C=O) groups excluding carboxylic acids is 1. The molecule has 23 heteroatoms. The van der Waals surface area contributed by atoms with Crippen LogP contribution in [0.2, 0.25) is 0 Å². The Kier molecular flexibility index (Phi) is 17.1. The predicted octanol–water partition coefficient (Wildman–Crippen LogP) is -2.38. The van der Waals surface area contributed by atoms with E-state index in [0.29, 0.717) is 32.1 Å². The van der Waals surface area contributed by atoms with E-state index in [1.165, 1.54) is 12.5 Å². The van der Waals surface area contributed by atoms with E-state index in [2.05, 4.69) is 33.8 Å². The molecule has 0 spiro atoms. The third kappa shape index (κ3) is 9.75. The summed E-state index contributed by atoms with van der Waals surface area (Å²) in [5, 5.41) is 151. The van der Waals surface area contributed by atoms with Gasteiger partial charge in [0.1, 0.15) is 97.3 Å². The summed E-state index contributed by atoms with van der Waals surface area (Å²) in [4.78, 5) is 14.5. The van der Waals surface area contributed by atoms with Gasteiger partial charge in [0.2, 0.25) is 0 Å². The summed E-state index contributed by atoms with van der Waals surface area (Å²) in [5.41, 5.74) is -1.89. The molecule has 4 saturated carbocycles. The number of aliphatic hydroxyl groups excluding tert-OH is 14. The minimum atomic E-state index is -1.94. The predicted molar refractivity (Wildman–Crippen MR) is 263 cm³/mol. The first-order valence-electron chi connectivity index (χ1n) is 27.8. The van der Waals surface area contributed by atoms with Crippen LogP contribution in [0.25, 0.3) is 0 Å². The first-order valence-corrected chi connectivity index (χ1v) is 27.8. The van der Waals surface area contributed by atoms with Gasteiger partial charge in [0.25, 0.3) is 0 Å². The highest BCUT2D eigenvalue weighted by atomic mass is 16.8. The Hall–Kier alpha value is -1.47. The van der Waals surface area contributed by atoms with Gasteiger partial charge in [0.05, 0.1) is 45.2 Å². The molecule has 4 saturated heterocycles. The summed E-state index contributed by atoms with van der Waals surface area (Å²) < 4.78 is 48.1. The molecule has 9 aliphatic rings. The van der Waals surface area contributed by atoms with Gasteiger partial charge in [-0.2, -0.15) is 0 Å². The fraction of sp³-hybridized carbons (Fsp3) is 0.944. The molecular weight excluding hydrogens is 1020 g/mol. The number of ether oxygens (including phenoxy) is 8. The van der Waals surface area contributed by atoms with Crippen molar-refractivity contribution < 1.29 is 114 Å². The molecule has 5 aliphatic carbocycles. The van der Waals surface area contributed by atoms with E-state index in [1.807, 2.05) is 13.8 Å². The van der Waals surface area contributed by atoms with Crippen molar-refractivity contribution in [3.05, 3.63) is 11.6 Å². The van der Waals surface area contributed by atoms with Gasteiger partial charge in [-0.25, -0.2) is 0 Å². The molecule has 14 N–H and O–H groups in total. The number of allylic oxidation sites excluding steroid dienone is 2. The van der Waals surface area contributed by atoms with Crippen LogP contribution < -0.4 is 0 Å². The van der Waals surface area contributed by atoms with Crippen LogP contribution in [-0.2, 0) is 42.7 Å². The molecule has 0 aromatic heterocycles. The zero-order valence-corrected chi connectivity index (χ0v) is 45.3. The van der Waals surface area contributed by atoms with Crippen LogP contribution in [0.5, 0.6) is 0 Å². The SMILES string of the molecule is C[C@@H]1O[C@@H](O[C@@H]2[C@@H](O)[C@H](O[C@H]3[C@H](O[C@H]4CC[C@@]5(C)[C@@H](CC[C@]6(C)[C@@H]5CC=C5[C@@H]7C[C@](C)(CO[C@@H]8O[C@H](CO)[C@@H](O)[C@H](O)[C@H]8O)CC(=O)[C@]7(C)CC[C@]56C)[C@@]4(C)CO)O[C@H](CO)[C@@H](O)[C@@H]3O)O[C@H](CO)[C@H]2O)[C@H](O)[C@H](O)[C@H]1O. The summed E-state index contributed by atoms with van der Waals surface area (Å²) >= 11 is 0. The Bertz CT molecular complexity index is 2120. The molecule has 442 valence electrons. The highest BCUT2D eigenvalue weighted by Crippen LogP contribution is 2.75. The Morgan fingerprint density at radius 3 is 1.79 bits per heavy atom. The summed E-state index contributed by atoms with van der Waals surface area (Å²) in [6.45, 7) is 12.1. The Balaban J connectivity index is 0.940. The van der Waals surface area contributed by atoms with Gasteiger partial charge in [0.15, 0.2) is 25.2 Å². The van der Waals surface area contributed by atoms with Crippen LogP contribution in [0.15, 0.2) is 11.6 Å². The maximum absolute atomic E-state index is 14.5. The minimum absolute atomic E-state index is 0.0283. The summed E-state index contributed by atoms with van der Waals surface area (Å²) in [5.74, 6) is 0.0240. The lowest BCUT2D eigenvalue weighted by molar-refractivity contribution is -0.391. The molecule has 0 amide bonds. The lowest BCUT2D eigenvalue weighted by atomic mass is 9.33.